The molecule has 0 aliphatic carbocycles. The summed E-state index contributed by atoms with van der Waals surface area (Å²) in [4.78, 5) is 12.4. The van der Waals surface area contributed by atoms with E-state index in [4.69, 9.17) is 5.73 Å². The molecule has 0 radical (unpaired) electrons. The standard InChI is InChI=1S/C16H15F3N8O2/c1-8(2)12-11(22-26-27(12)14-13(20)24-29-25-14)15(28)23-21-7-9-3-5-10(6-4-9)16(17,18)19/h3-8H,1-2H3,(H2,20,24)(H,23,28)/b21-7+. The first-order valence-corrected chi connectivity index (χ1v) is 8.23. The Morgan fingerprint density at radius 1 is 1.28 bits per heavy atom. The molecule has 0 atom stereocenters. The van der Waals surface area contributed by atoms with Gasteiger partial charge in [0, 0.05) is 0 Å². The predicted octanol–water partition coefficient (Wildman–Crippen LogP) is 2.14. The third kappa shape index (κ3) is 4.23. The number of hydrogen-bond acceptors (Lipinski definition) is 8. The van der Waals surface area contributed by atoms with Gasteiger partial charge in [-0.2, -0.15) is 23.0 Å². The van der Waals surface area contributed by atoms with E-state index in [1.807, 2.05) is 0 Å². The molecule has 3 rings (SSSR count). The monoisotopic (exact) mass is 408 g/mol. The van der Waals surface area contributed by atoms with Crippen LogP contribution in [0.2, 0.25) is 0 Å². The largest absolute Gasteiger partial charge is 0.416 e. The Labute approximate surface area is 161 Å². The van der Waals surface area contributed by atoms with Gasteiger partial charge in [0.2, 0.25) is 11.6 Å². The number of nitrogens with two attached hydrogens (primary N) is 1. The number of hydrazone groups is 1. The summed E-state index contributed by atoms with van der Waals surface area (Å²) >= 11 is 0. The lowest BCUT2D eigenvalue weighted by molar-refractivity contribution is -0.137. The molecular weight excluding hydrogens is 393 g/mol. The van der Waals surface area contributed by atoms with Crippen LogP contribution in [-0.2, 0) is 6.18 Å². The molecular formula is C16H15F3N8O2. The Hall–Kier alpha value is -3.77. The van der Waals surface area contributed by atoms with Gasteiger partial charge in [0.1, 0.15) is 0 Å². The lowest BCUT2D eigenvalue weighted by atomic mass is 10.1. The highest BCUT2D eigenvalue weighted by molar-refractivity contribution is 5.94. The van der Waals surface area contributed by atoms with Crippen molar-refractivity contribution in [1.29, 1.82) is 0 Å². The van der Waals surface area contributed by atoms with Crippen LogP contribution < -0.4 is 11.2 Å². The van der Waals surface area contributed by atoms with Crippen molar-refractivity contribution in [3.63, 3.8) is 0 Å². The summed E-state index contributed by atoms with van der Waals surface area (Å²) in [5.74, 6) is -0.795. The third-order valence-corrected chi connectivity index (χ3v) is 3.78. The molecule has 0 aliphatic heterocycles. The number of nitrogen functional groups attached to an aromatic ring is 1. The van der Waals surface area contributed by atoms with Crippen molar-refractivity contribution in [3.8, 4) is 5.82 Å². The molecule has 3 N–H and O–H groups in total. The van der Waals surface area contributed by atoms with Crippen LogP contribution in [0.4, 0.5) is 19.0 Å². The zero-order valence-electron chi connectivity index (χ0n) is 15.2. The van der Waals surface area contributed by atoms with E-state index in [0.29, 0.717) is 11.3 Å². The van der Waals surface area contributed by atoms with E-state index >= 15 is 0 Å². The maximum atomic E-state index is 12.6. The van der Waals surface area contributed by atoms with Crippen molar-refractivity contribution in [2.24, 2.45) is 5.10 Å². The van der Waals surface area contributed by atoms with Gasteiger partial charge in [-0.05, 0) is 33.9 Å². The fourth-order valence-corrected chi connectivity index (χ4v) is 2.44. The fraction of sp³-hybridized carbons (Fsp3) is 0.250. The van der Waals surface area contributed by atoms with Crippen molar-refractivity contribution in [1.82, 2.24) is 30.7 Å². The Morgan fingerprint density at radius 2 is 1.97 bits per heavy atom. The normalized spacial score (nSPS) is 12.1. The minimum absolute atomic E-state index is 0.0213. The molecule has 1 amide bonds. The van der Waals surface area contributed by atoms with Crippen molar-refractivity contribution in [2.45, 2.75) is 25.9 Å². The van der Waals surface area contributed by atoms with Gasteiger partial charge in [-0.25, -0.2) is 10.1 Å². The SMILES string of the molecule is CC(C)c1c(C(=O)N/N=C/c2ccc(C(F)(F)F)cc2)nnn1-c1nonc1N. The van der Waals surface area contributed by atoms with E-state index in [-0.39, 0.29) is 23.2 Å². The first kappa shape index (κ1) is 20.0. The zero-order chi connectivity index (χ0) is 21.2. The highest BCUT2D eigenvalue weighted by Crippen LogP contribution is 2.29. The van der Waals surface area contributed by atoms with Gasteiger partial charge in [-0.1, -0.05) is 31.2 Å². The van der Waals surface area contributed by atoms with Crippen LogP contribution in [0.15, 0.2) is 34.0 Å². The molecule has 0 aliphatic rings. The molecule has 0 saturated heterocycles. The number of hydrogen-bond donors (Lipinski definition) is 2. The van der Waals surface area contributed by atoms with Gasteiger partial charge in [0.25, 0.3) is 5.91 Å². The van der Waals surface area contributed by atoms with Crippen LogP contribution in [0.25, 0.3) is 5.82 Å². The molecule has 29 heavy (non-hydrogen) atoms. The Bertz CT molecular complexity index is 1040. The minimum Gasteiger partial charge on any atom is -0.378 e. The van der Waals surface area contributed by atoms with Crippen molar-refractivity contribution >= 4 is 17.9 Å². The van der Waals surface area contributed by atoms with Gasteiger partial charge >= 0.3 is 6.18 Å². The zero-order valence-corrected chi connectivity index (χ0v) is 15.2. The van der Waals surface area contributed by atoms with Crippen LogP contribution in [0.3, 0.4) is 0 Å². The number of halogens is 3. The van der Waals surface area contributed by atoms with Crippen molar-refractivity contribution < 1.29 is 22.6 Å². The lowest BCUT2D eigenvalue weighted by Gasteiger charge is -2.08. The van der Waals surface area contributed by atoms with Gasteiger partial charge in [0.05, 0.1) is 17.5 Å². The molecule has 0 fully saturated rings. The van der Waals surface area contributed by atoms with E-state index < -0.39 is 17.6 Å². The Balaban J connectivity index is 1.77. The summed E-state index contributed by atoms with van der Waals surface area (Å²) in [5.41, 5.74) is 7.89. The average Bonchev–Trinajstić information content (AvgIpc) is 3.27. The molecule has 3 aromatic rings. The van der Waals surface area contributed by atoms with Crippen molar-refractivity contribution in [3.05, 3.63) is 46.8 Å². The Kier molecular flexibility index (Phi) is 5.30. The highest BCUT2D eigenvalue weighted by Gasteiger charge is 2.30. The number of anilines is 1. The predicted molar refractivity (Wildman–Crippen MR) is 94.2 cm³/mol. The molecule has 152 valence electrons. The second-order valence-corrected chi connectivity index (χ2v) is 6.18. The van der Waals surface area contributed by atoms with Crippen molar-refractivity contribution in [2.75, 3.05) is 5.73 Å². The first-order chi connectivity index (χ1) is 13.7. The number of benzene rings is 1. The Morgan fingerprint density at radius 3 is 2.52 bits per heavy atom. The van der Waals surface area contributed by atoms with Gasteiger partial charge in [-0.3, -0.25) is 4.79 Å². The molecule has 0 spiro atoms. The molecule has 0 bridgehead atoms. The average molecular weight is 408 g/mol. The minimum atomic E-state index is -4.42. The van der Waals surface area contributed by atoms with Gasteiger partial charge in [-0.15, -0.1) is 5.10 Å². The number of nitrogens with zero attached hydrogens (tertiary/aromatic N) is 6. The number of alkyl halides is 3. The van der Waals surface area contributed by atoms with E-state index in [0.717, 1.165) is 12.1 Å². The van der Waals surface area contributed by atoms with Crippen LogP contribution in [0.1, 0.15) is 47.1 Å². The molecule has 13 heteroatoms. The van der Waals surface area contributed by atoms with Crippen LogP contribution in [-0.4, -0.2) is 37.4 Å². The summed E-state index contributed by atoms with van der Waals surface area (Å²) in [5, 5.41) is 18.5. The second kappa shape index (κ2) is 7.69. The molecule has 0 saturated carbocycles. The summed E-state index contributed by atoms with van der Waals surface area (Å²) in [6.07, 6.45) is -3.22. The summed E-state index contributed by atoms with van der Waals surface area (Å²) in [6, 6.07) is 4.30. The summed E-state index contributed by atoms with van der Waals surface area (Å²) < 4.78 is 43.5. The quantitative estimate of drug-likeness (QED) is 0.487. The number of carbonyl (C=O) groups excluding carboxylic acids is 1. The van der Waals surface area contributed by atoms with Crippen LogP contribution in [0.5, 0.6) is 0 Å². The summed E-state index contributed by atoms with van der Waals surface area (Å²) in [7, 11) is 0. The molecule has 2 aromatic heterocycles. The van der Waals surface area contributed by atoms with E-state index in [9.17, 15) is 18.0 Å². The van der Waals surface area contributed by atoms with Crippen LogP contribution >= 0.6 is 0 Å². The maximum Gasteiger partial charge on any atom is 0.416 e. The molecule has 1 aromatic carbocycles. The van der Waals surface area contributed by atoms with E-state index in [2.05, 4.69) is 35.8 Å². The maximum absolute atomic E-state index is 12.6. The second-order valence-electron chi connectivity index (χ2n) is 6.18. The summed E-state index contributed by atoms with van der Waals surface area (Å²) in [6.45, 7) is 3.61. The number of aromatic nitrogens is 5. The molecule has 0 unspecified atom stereocenters. The molecule has 2 heterocycles. The lowest BCUT2D eigenvalue weighted by Crippen LogP contribution is -2.21. The molecule has 10 nitrogen and oxygen atoms in total. The van der Waals surface area contributed by atoms with Gasteiger partial charge in [0.15, 0.2) is 5.69 Å². The third-order valence-electron chi connectivity index (χ3n) is 3.78. The smallest absolute Gasteiger partial charge is 0.378 e. The van der Waals surface area contributed by atoms with Crippen LogP contribution in [0, 0.1) is 0 Å². The highest BCUT2D eigenvalue weighted by atomic mass is 19.4. The first-order valence-electron chi connectivity index (χ1n) is 8.23. The van der Waals surface area contributed by atoms with E-state index in [1.165, 1.54) is 23.0 Å². The van der Waals surface area contributed by atoms with Gasteiger partial charge < -0.3 is 5.73 Å². The fourth-order valence-electron chi connectivity index (χ4n) is 2.44. The number of amides is 1. The number of rotatable bonds is 5. The number of nitrogens with one attached hydrogen (secondary N) is 1. The number of carbonyl (C=O) groups is 1. The topological polar surface area (TPSA) is 137 Å². The van der Waals surface area contributed by atoms with E-state index in [1.54, 1.807) is 13.8 Å².